The quantitative estimate of drug-likeness (QED) is 0.757. The molecular weight excluding hydrogens is 312 g/mol. The summed E-state index contributed by atoms with van der Waals surface area (Å²) in [5, 5.41) is 6.20. The Labute approximate surface area is 148 Å². The van der Waals surface area contributed by atoms with Gasteiger partial charge in [-0.05, 0) is 55.9 Å². The second kappa shape index (κ2) is 8.97. The monoisotopic (exact) mass is 336 g/mol. The summed E-state index contributed by atoms with van der Waals surface area (Å²) in [4.78, 5) is 20.5. The van der Waals surface area contributed by atoms with Gasteiger partial charge in [0.2, 0.25) is 0 Å². The molecule has 2 aromatic rings. The van der Waals surface area contributed by atoms with E-state index in [4.69, 9.17) is 0 Å². The van der Waals surface area contributed by atoms with Crippen LogP contribution in [-0.2, 0) is 6.54 Å². The van der Waals surface area contributed by atoms with Crippen LogP contribution in [0, 0.1) is 0 Å². The molecule has 1 aliphatic rings. The van der Waals surface area contributed by atoms with Crippen LogP contribution in [0.3, 0.4) is 0 Å². The Hall–Kier alpha value is -2.69. The molecule has 1 amide bonds. The fourth-order valence-corrected chi connectivity index (χ4v) is 2.90. The number of anilines is 1. The first-order valence-electron chi connectivity index (χ1n) is 8.86. The highest BCUT2D eigenvalue weighted by Gasteiger charge is 2.07. The van der Waals surface area contributed by atoms with Gasteiger partial charge in [-0.2, -0.15) is 0 Å². The Balaban J connectivity index is 1.44. The second-order valence-electron chi connectivity index (χ2n) is 6.26. The molecule has 0 bridgehead atoms. The van der Waals surface area contributed by atoms with E-state index in [1.165, 1.54) is 25.7 Å². The van der Waals surface area contributed by atoms with Gasteiger partial charge in [-0.3, -0.25) is 9.78 Å². The summed E-state index contributed by atoms with van der Waals surface area (Å²) in [7, 11) is 0. The molecule has 5 heteroatoms. The van der Waals surface area contributed by atoms with E-state index >= 15 is 0 Å². The fraction of sp³-hybridized carbons (Fsp3) is 0.350. The van der Waals surface area contributed by atoms with Crippen LogP contribution in [0.1, 0.15) is 48.0 Å². The van der Waals surface area contributed by atoms with E-state index in [2.05, 4.69) is 26.7 Å². The number of pyridine rings is 2. The SMILES string of the molecule is O=C(NCc1cccnc1)c1ccc(NCCC2=CCCCC2)nc1. The van der Waals surface area contributed by atoms with Crippen molar-refractivity contribution in [2.45, 2.75) is 38.6 Å². The molecule has 2 aromatic heterocycles. The molecule has 25 heavy (non-hydrogen) atoms. The Morgan fingerprint density at radius 1 is 1.16 bits per heavy atom. The van der Waals surface area contributed by atoms with Crippen LogP contribution in [0.25, 0.3) is 0 Å². The summed E-state index contributed by atoms with van der Waals surface area (Å²) >= 11 is 0. The van der Waals surface area contributed by atoms with Gasteiger partial charge in [0.1, 0.15) is 5.82 Å². The molecule has 2 heterocycles. The average Bonchev–Trinajstić information content (AvgIpc) is 2.68. The minimum Gasteiger partial charge on any atom is -0.370 e. The first kappa shape index (κ1) is 17.1. The van der Waals surface area contributed by atoms with Crippen molar-refractivity contribution in [3.05, 3.63) is 65.6 Å². The van der Waals surface area contributed by atoms with Crippen molar-refractivity contribution in [1.29, 1.82) is 0 Å². The van der Waals surface area contributed by atoms with Crippen molar-refractivity contribution in [3.8, 4) is 0 Å². The smallest absolute Gasteiger partial charge is 0.253 e. The molecule has 0 saturated carbocycles. The molecule has 2 N–H and O–H groups in total. The summed E-state index contributed by atoms with van der Waals surface area (Å²) in [6.45, 7) is 1.34. The van der Waals surface area contributed by atoms with Crippen molar-refractivity contribution in [2.24, 2.45) is 0 Å². The number of hydrogen-bond donors (Lipinski definition) is 2. The van der Waals surface area contributed by atoms with Gasteiger partial charge in [0, 0.05) is 31.7 Å². The molecule has 0 unspecified atom stereocenters. The minimum atomic E-state index is -0.129. The molecule has 0 fully saturated rings. The third-order valence-corrected chi connectivity index (χ3v) is 4.34. The summed E-state index contributed by atoms with van der Waals surface area (Å²) in [5.41, 5.74) is 3.08. The molecule has 5 nitrogen and oxygen atoms in total. The summed E-state index contributed by atoms with van der Waals surface area (Å²) in [6, 6.07) is 7.44. The lowest BCUT2D eigenvalue weighted by atomic mass is 9.97. The van der Waals surface area contributed by atoms with Gasteiger partial charge in [0.15, 0.2) is 0 Å². The zero-order valence-corrected chi connectivity index (χ0v) is 14.4. The number of amides is 1. The zero-order chi connectivity index (χ0) is 17.3. The predicted octanol–water partition coefficient (Wildman–Crippen LogP) is 3.71. The van der Waals surface area contributed by atoms with E-state index in [1.807, 2.05) is 18.2 Å². The maximum atomic E-state index is 12.2. The number of carbonyl (C=O) groups excluding carboxylic acids is 1. The number of rotatable bonds is 7. The highest BCUT2D eigenvalue weighted by Crippen LogP contribution is 2.19. The molecule has 0 aliphatic heterocycles. The fourth-order valence-electron chi connectivity index (χ4n) is 2.90. The number of allylic oxidation sites excluding steroid dienone is 1. The van der Waals surface area contributed by atoms with Gasteiger partial charge in [0.05, 0.1) is 5.56 Å². The second-order valence-corrected chi connectivity index (χ2v) is 6.26. The molecular formula is C20H24N4O. The standard InChI is InChI=1S/C20H24N4O/c25-20(24-14-17-7-4-11-21-13-17)18-8-9-19(23-15-18)22-12-10-16-5-2-1-3-6-16/h4-5,7-9,11,13,15H,1-3,6,10,12,14H2,(H,22,23)(H,24,25). The number of nitrogens with one attached hydrogen (secondary N) is 2. The first-order chi connectivity index (χ1) is 12.3. The summed E-state index contributed by atoms with van der Waals surface area (Å²) < 4.78 is 0. The molecule has 130 valence electrons. The van der Waals surface area contributed by atoms with Gasteiger partial charge in [0.25, 0.3) is 5.91 Å². The van der Waals surface area contributed by atoms with Gasteiger partial charge in [-0.25, -0.2) is 4.98 Å². The first-order valence-corrected chi connectivity index (χ1v) is 8.86. The molecule has 0 aromatic carbocycles. The highest BCUT2D eigenvalue weighted by atomic mass is 16.1. The number of hydrogen-bond acceptors (Lipinski definition) is 4. The maximum absolute atomic E-state index is 12.2. The number of carbonyl (C=O) groups is 1. The van der Waals surface area contributed by atoms with Crippen molar-refractivity contribution >= 4 is 11.7 Å². The molecule has 0 atom stereocenters. The third kappa shape index (κ3) is 5.41. The Morgan fingerprint density at radius 2 is 2.12 bits per heavy atom. The number of nitrogens with zero attached hydrogens (tertiary/aromatic N) is 2. The average molecular weight is 336 g/mol. The van der Waals surface area contributed by atoms with E-state index < -0.39 is 0 Å². The van der Waals surface area contributed by atoms with Crippen LogP contribution in [0.2, 0.25) is 0 Å². The van der Waals surface area contributed by atoms with Crippen LogP contribution in [0.5, 0.6) is 0 Å². The Bertz CT molecular complexity index is 710. The zero-order valence-electron chi connectivity index (χ0n) is 14.4. The predicted molar refractivity (Wildman–Crippen MR) is 99.3 cm³/mol. The highest BCUT2D eigenvalue weighted by molar-refractivity contribution is 5.93. The van der Waals surface area contributed by atoms with Crippen LogP contribution in [-0.4, -0.2) is 22.4 Å². The largest absolute Gasteiger partial charge is 0.370 e. The van der Waals surface area contributed by atoms with E-state index in [0.29, 0.717) is 12.1 Å². The third-order valence-electron chi connectivity index (χ3n) is 4.34. The van der Waals surface area contributed by atoms with Crippen LogP contribution in [0.4, 0.5) is 5.82 Å². The number of aromatic nitrogens is 2. The molecule has 0 radical (unpaired) electrons. The van der Waals surface area contributed by atoms with Crippen LogP contribution < -0.4 is 10.6 Å². The molecule has 1 aliphatic carbocycles. The lowest BCUT2D eigenvalue weighted by molar-refractivity contribution is 0.0950. The Morgan fingerprint density at radius 3 is 2.84 bits per heavy atom. The van der Waals surface area contributed by atoms with E-state index in [1.54, 1.807) is 30.2 Å². The van der Waals surface area contributed by atoms with E-state index in [9.17, 15) is 4.79 Å². The maximum Gasteiger partial charge on any atom is 0.253 e. The van der Waals surface area contributed by atoms with Crippen molar-refractivity contribution in [1.82, 2.24) is 15.3 Å². The van der Waals surface area contributed by atoms with Crippen LogP contribution in [0.15, 0.2) is 54.5 Å². The normalized spacial score (nSPS) is 13.8. The van der Waals surface area contributed by atoms with E-state index in [0.717, 1.165) is 24.3 Å². The van der Waals surface area contributed by atoms with Gasteiger partial charge in [-0.1, -0.05) is 17.7 Å². The van der Waals surface area contributed by atoms with Gasteiger partial charge < -0.3 is 10.6 Å². The molecule has 0 spiro atoms. The Kier molecular flexibility index (Phi) is 6.15. The minimum absolute atomic E-state index is 0.129. The molecule has 3 rings (SSSR count). The van der Waals surface area contributed by atoms with Crippen LogP contribution >= 0.6 is 0 Å². The van der Waals surface area contributed by atoms with E-state index in [-0.39, 0.29) is 5.91 Å². The topological polar surface area (TPSA) is 66.9 Å². The summed E-state index contributed by atoms with van der Waals surface area (Å²) in [6.07, 6.45) is 13.6. The molecule has 0 saturated heterocycles. The van der Waals surface area contributed by atoms with Crippen molar-refractivity contribution < 1.29 is 4.79 Å². The van der Waals surface area contributed by atoms with Crippen molar-refractivity contribution in [2.75, 3.05) is 11.9 Å². The van der Waals surface area contributed by atoms with Gasteiger partial charge >= 0.3 is 0 Å². The summed E-state index contributed by atoms with van der Waals surface area (Å²) in [5.74, 6) is 0.676. The lowest BCUT2D eigenvalue weighted by Crippen LogP contribution is -2.23. The van der Waals surface area contributed by atoms with Crippen molar-refractivity contribution in [3.63, 3.8) is 0 Å². The lowest BCUT2D eigenvalue weighted by Gasteiger charge is -2.13. The van der Waals surface area contributed by atoms with Gasteiger partial charge in [-0.15, -0.1) is 0 Å².